The number of hydrogen-bond donors (Lipinski definition) is 1. The van der Waals surface area contributed by atoms with E-state index in [0.29, 0.717) is 0 Å². The van der Waals surface area contributed by atoms with Crippen molar-refractivity contribution in [3.8, 4) is 5.69 Å². The summed E-state index contributed by atoms with van der Waals surface area (Å²) in [4.78, 5) is 0. The molecule has 21 heavy (non-hydrogen) atoms. The van der Waals surface area contributed by atoms with Gasteiger partial charge in [-0.25, -0.2) is 4.68 Å². The van der Waals surface area contributed by atoms with Gasteiger partial charge in [0.25, 0.3) is 0 Å². The predicted molar refractivity (Wildman–Crippen MR) is 82.4 cm³/mol. The van der Waals surface area contributed by atoms with E-state index in [0.717, 1.165) is 24.4 Å². The highest BCUT2D eigenvalue weighted by Crippen LogP contribution is 2.14. The Hall–Kier alpha value is -2.33. The molecule has 1 N–H and O–H groups in total. The van der Waals surface area contributed by atoms with Crippen LogP contribution in [-0.4, -0.2) is 16.3 Å². The molecule has 2 aromatic heterocycles. The van der Waals surface area contributed by atoms with Crippen LogP contribution in [0.1, 0.15) is 24.3 Å². The summed E-state index contributed by atoms with van der Waals surface area (Å²) in [7, 11) is 0. The molecule has 0 fully saturated rings. The third-order valence-corrected chi connectivity index (χ3v) is 3.53. The second-order valence-electron chi connectivity index (χ2n) is 5.06. The zero-order valence-electron chi connectivity index (χ0n) is 12.1. The first-order valence-corrected chi connectivity index (χ1v) is 7.19. The Kier molecular flexibility index (Phi) is 4.17. The van der Waals surface area contributed by atoms with Crippen LogP contribution in [0.5, 0.6) is 0 Å². The fourth-order valence-electron chi connectivity index (χ4n) is 2.27. The van der Waals surface area contributed by atoms with Crippen molar-refractivity contribution in [3.63, 3.8) is 0 Å². The number of hydrogen-bond acceptors (Lipinski definition) is 3. The Morgan fingerprint density at radius 2 is 2.05 bits per heavy atom. The first-order chi connectivity index (χ1) is 10.3. The minimum absolute atomic E-state index is 0.262. The van der Waals surface area contributed by atoms with Gasteiger partial charge >= 0.3 is 0 Å². The first-order valence-electron chi connectivity index (χ1n) is 7.19. The van der Waals surface area contributed by atoms with E-state index < -0.39 is 0 Å². The van der Waals surface area contributed by atoms with E-state index in [-0.39, 0.29) is 6.04 Å². The lowest BCUT2D eigenvalue weighted by Crippen LogP contribution is -2.20. The van der Waals surface area contributed by atoms with E-state index in [9.17, 15) is 0 Å². The standard InChI is InChI=1S/C17H19N3O/c1-14(18-10-9-17-8-5-11-21-17)15-12-19-20(13-15)16-6-3-2-4-7-16/h2-8,11-14,18H,9-10H2,1H3. The van der Waals surface area contributed by atoms with Crippen LogP contribution in [0.2, 0.25) is 0 Å². The molecule has 0 bridgehead atoms. The van der Waals surface area contributed by atoms with Crippen molar-refractivity contribution in [2.75, 3.05) is 6.54 Å². The Balaban J connectivity index is 1.58. The van der Waals surface area contributed by atoms with Crippen molar-refractivity contribution in [2.24, 2.45) is 0 Å². The van der Waals surface area contributed by atoms with Crippen molar-refractivity contribution in [2.45, 2.75) is 19.4 Å². The van der Waals surface area contributed by atoms with Gasteiger partial charge in [-0.15, -0.1) is 0 Å². The fourth-order valence-corrected chi connectivity index (χ4v) is 2.27. The number of nitrogens with one attached hydrogen (secondary N) is 1. The number of benzene rings is 1. The summed E-state index contributed by atoms with van der Waals surface area (Å²) in [5.41, 5.74) is 2.25. The molecule has 3 rings (SSSR count). The molecule has 0 aliphatic rings. The molecule has 1 aromatic carbocycles. The molecule has 0 amide bonds. The minimum atomic E-state index is 0.262. The summed E-state index contributed by atoms with van der Waals surface area (Å²) < 4.78 is 7.23. The fraction of sp³-hybridized carbons (Fsp3) is 0.235. The molecule has 108 valence electrons. The molecule has 4 nitrogen and oxygen atoms in total. The van der Waals surface area contributed by atoms with Crippen molar-refractivity contribution in [1.82, 2.24) is 15.1 Å². The summed E-state index contributed by atoms with van der Waals surface area (Å²) in [5, 5.41) is 7.91. The van der Waals surface area contributed by atoms with Gasteiger partial charge in [-0.05, 0) is 31.2 Å². The number of aromatic nitrogens is 2. The highest BCUT2D eigenvalue weighted by atomic mass is 16.3. The summed E-state index contributed by atoms with van der Waals surface area (Å²) in [6.07, 6.45) is 6.59. The number of nitrogens with zero attached hydrogens (tertiary/aromatic N) is 2. The third kappa shape index (κ3) is 3.41. The maximum absolute atomic E-state index is 5.33. The molecule has 0 aliphatic carbocycles. The van der Waals surface area contributed by atoms with E-state index >= 15 is 0 Å². The second-order valence-corrected chi connectivity index (χ2v) is 5.06. The average molecular weight is 281 g/mol. The topological polar surface area (TPSA) is 43.0 Å². The zero-order chi connectivity index (χ0) is 14.5. The Morgan fingerprint density at radius 1 is 1.19 bits per heavy atom. The van der Waals surface area contributed by atoms with Gasteiger partial charge in [-0.2, -0.15) is 5.10 Å². The highest BCUT2D eigenvalue weighted by molar-refractivity contribution is 5.31. The van der Waals surface area contributed by atoms with Gasteiger partial charge in [0.05, 0.1) is 18.1 Å². The van der Waals surface area contributed by atoms with E-state index in [2.05, 4.69) is 23.5 Å². The lowest BCUT2D eigenvalue weighted by molar-refractivity contribution is 0.486. The molecule has 4 heteroatoms. The SMILES string of the molecule is CC(NCCc1ccco1)c1cnn(-c2ccccc2)c1. The molecule has 2 heterocycles. The van der Waals surface area contributed by atoms with Gasteiger partial charge in [0.2, 0.25) is 0 Å². The molecular weight excluding hydrogens is 262 g/mol. The predicted octanol–water partition coefficient (Wildman–Crippen LogP) is 3.36. The van der Waals surface area contributed by atoms with Crippen molar-refractivity contribution in [3.05, 3.63) is 72.4 Å². The van der Waals surface area contributed by atoms with Gasteiger partial charge in [0.1, 0.15) is 5.76 Å². The van der Waals surface area contributed by atoms with Crippen LogP contribution in [0.25, 0.3) is 5.69 Å². The second kappa shape index (κ2) is 6.41. The maximum Gasteiger partial charge on any atom is 0.105 e. The van der Waals surface area contributed by atoms with Crippen LogP contribution in [0.3, 0.4) is 0 Å². The summed E-state index contributed by atoms with van der Waals surface area (Å²) >= 11 is 0. The van der Waals surface area contributed by atoms with E-state index in [1.165, 1.54) is 5.56 Å². The molecule has 0 saturated heterocycles. The molecule has 0 saturated carbocycles. The molecule has 1 unspecified atom stereocenters. The molecule has 1 atom stereocenters. The summed E-state index contributed by atoms with van der Waals surface area (Å²) in [6.45, 7) is 3.03. The van der Waals surface area contributed by atoms with Crippen LogP contribution < -0.4 is 5.32 Å². The lowest BCUT2D eigenvalue weighted by Gasteiger charge is -2.11. The van der Waals surface area contributed by atoms with E-state index in [1.807, 2.05) is 53.3 Å². The monoisotopic (exact) mass is 281 g/mol. The first kappa shape index (κ1) is 13.6. The van der Waals surface area contributed by atoms with Gasteiger partial charge in [-0.3, -0.25) is 0 Å². The third-order valence-electron chi connectivity index (χ3n) is 3.53. The van der Waals surface area contributed by atoms with Crippen molar-refractivity contribution >= 4 is 0 Å². The summed E-state index contributed by atoms with van der Waals surface area (Å²) in [5.74, 6) is 1.01. The van der Waals surface area contributed by atoms with Crippen LogP contribution in [0, 0.1) is 0 Å². The Bertz CT molecular complexity index is 658. The molecule has 0 aliphatic heterocycles. The molecule has 0 radical (unpaired) electrons. The maximum atomic E-state index is 5.33. The van der Waals surface area contributed by atoms with Crippen LogP contribution >= 0.6 is 0 Å². The van der Waals surface area contributed by atoms with Gasteiger partial charge < -0.3 is 9.73 Å². The lowest BCUT2D eigenvalue weighted by atomic mass is 10.2. The smallest absolute Gasteiger partial charge is 0.105 e. The molecule has 0 spiro atoms. The average Bonchev–Trinajstić information content (AvgIpc) is 3.20. The number of furan rings is 1. The quantitative estimate of drug-likeness (QED) is 0.753. The Labute approximate surface area is 124 Å². The van der Waals surface area contributed by atoms with Crippen LogP contribution in [0.15, 0.2) is 65.5 Å². The van der Waals surface area contributed by atoms with Gasteiger partial charge in [0, 0.05) is 30.8 Å². The Morgan fingerprint density at radius 3 is 2.81 bits per heavy atom. The number of para-hydroxylation sites is 1. The minimum Gasteiger partial charge on any atom is -0.469 e. The largest absolute Gasteiger partial charge is 0.469 e. The van der Waals surface area contributed by atoms with Crippen LogP contribution in [-0.2, 0) is 6.42 Å². The van der Waals surface area contributed by atoms with Crippen molar-refractivity contribution in [1.29, 1.82) is 0 Å². The van der Waals surface area contributed by atoms with Gasteiger partial charge in [0.15, 0.2) is 0 Å². The normalized spacial score (nSPS) is 12.4. The molecule has 3 aromatic rings. The van der Waals surface area contributed by atoms with Gasteiger partial charge in [-0.1, -0.05) is 18.2 Å². The van der Waals surface area contributed by atoms with E-state index in [4.69, 9.17) is 4.42 Å². The van der Waals surface area contributed by atoms with Crippen molar-refractivity contribution < 1.29 is 4.42 Å². The molecular formula is C17H19N3O. The zero-order valence-corrected chi connectivity index (χ0v) is 12.1. The highest BCUT2D eigenvalue weighted by Gasteiger charge is 2.08. The summed E-state index contributed by atoms with van der Waals surface area (Å²) in [6, 6.07) is 14.3. The van der Waals surface area contributed by atoms with Crippen LogP contribution in [0.4, 0.5) is 0 Å². The van der Waals surface area contributed by atoms with E-state index in [1.54, 1.807) is 6.26 Å². The number of rotatable bonds is 6.